The van der Waals surface area contributed by atoms with Crippen LogP contribution in [-0.2, 0) is 0 Å². The Bertz CT molecular complexity index is 577. The molecule has 0 aliphatic rings. The van der Waals surface area contributed by atoms with Gasteiger partial charge in [-0.1, -0.05) is 0 Å². The van der Waals surface area contributed by atoms with E-state index < -0.39 is 0 Å². The number of rotatable bonds is 0. The molecule has 1 aromatic carbocycles. The van der Waals surface area contributed by atoms with Crippen molar-refractivity contribution in [3.8, 4) is 0 Å². The SMILES string of the molecule is Cc1coc2cc3ncoc3cc12. The molecule has 2 aromatic heterocycles. The topological polar surface area (TPSA) is 39.2 Å². The Labute approximate surface area is 74.0 Å². The minimum atomic E-state index is 0.803. The first-order valence-corrected chi connectivity index (χ1v) is 4.05. The van der Waals surface area contributed by atoms with Gasteiger partial charge in [-0.25, -0.2) is 4.98 Å². The highest BCUT2D eigenvalue weighted by molar-refractivity contribution is 5.92. The van der Waals surface area contributed by atoms with Crippen LogP contribution in [0.1, 0.15) is 5.56 Å². The lowest BCUT2D eigenvalue weighted by molar-refractivity contribution is 0.602. The maximum absolute atomic E-state index is 5.34. The average molecular weight is 173 g/mol. The van der Waals surface area contributed by atoms with Crippen LogP contribution in [-0.4, -0.2) is 4.98 Å². The molecule has 0 unspecified atom stereocenters. The van der Waals surface area contributed by atoms with Gasteiger partial charge >= 0.3 is 0 Å². The largest absolute Gasteiger partial charge is 0.464 e. The van der Waals surface area contributed by atoms with Crippen molar-refractivity contribution in [2.24, 2.45) is 0 Å². The number of benzene rings is 1. The highest BCUT2D eigenvalue weighted by atomic mass is 16.3. The smallest absolute Gasteiger partial charge is 0.181 e. The van der Waals surface area contributed by atoms with Crippen LogP contribution in [0.25, 0.3) is 22.1 Å². The van der Waals surface area contributed by atoms with E-state index in [9.17, 15) is 0 Å². The van der Waals surface area contributed by atoms with Crippen molar-refractivity contribution in [1.29, 1.82) is 0 Å². The van der Waals surface area contributed by atoms with Crippen LogP contribution in [0.5, 0.6) is 0 Å². The Balaban J connectivity index is 2.59. The molecule has 0 bridgehead atoms. The molecule has 0 saturated heterocycles. The van der Waals surface area contributed by atoms with Gasteiger partial charge in [-0.2, -0.15) is 0 Å². The number of hydrogen-bond donors (Lipinski definition) is 0. The predicted molar refractivity (Wildman–Crippen MR) is 48.5 cm³/mol. The highest BCUT2D eigenvalue weighted by Gasteiger charge is 2.06. The van der Waals surface area contributed by atoms with Gasteiger partial charge in [0.2, 0.25) is 0 Å². The summed E-state index contributed by atoms with van der Waals surface area (Å²) in [6.45, 7) is 2.01. The number of fused-ring (bicyclic) bond motifs is 2. The van der Waals surface area contributed by atoms with E-state index in [2.05, 4.69) is 4.98 Å². The third-order valence-electron chi connectivity index (χ3n) is 2.22. The van der Waals surface area contributed by atoms with Crippen molar-refractivity contribution in [3.63, 3.8) is 0 Å². The monoisotopic (exact) mass is 173 g/mol. The number of oxazole rings is 1. The normalized spacial score (nSPS) is 11.5. The summed E-state index contributed by atoms with van der Waals surface area (Å²) in [6.07, 6.45) is 3.18. The van der Waals surface area contributed by atoms with E-state index in [1.54, 1.807) is 6.26 Å². The number of aromatic nitrogens is 1. The second-order valence-corrected chi connectivity index (χ2v) is 3.09. The quantitative estimate of drug-likeness (QED) is 0.524. The fourth-order valence-electron chi connectivity index (χ4n) is 1.51. The first kappa shape index (κ1) is 6.71. The third kappa shape index (κ3) is 0.811. The molecule has 0 atom stereocenters. The summed E-state index contributed by atoms with van der Waals surface area (Å²) >= 11 is 0. The third-order valence-corrected chi connectivity index (χ3v) is 2.22. The summed E-state index contributed by atoms with van der Waals surface area (Å²) in [6, 6.07) is 3.84. The minimum Gasteiger partial charge on any atom is -0.464 e. The summed E-state index contributed by atoms with van der Waals surface area (Å²) in [5.74, 6) is 0. The van der Waals surface area contributed by atoms with Crippen molar-refractivity contribution in [2.75, 3.05) is 0 Å². The first-order chi connectivity index (χ1) is 6.34. The molecule has 3 aromatic rings. The fraction of sp³-hybridized carbons (Fsp3) is 0.100. The summed E-state index contributed by atoms with van der Waals surface area (Å²) in [5, 5.41) is 1.09. The number of hydrogen-bond acceptors (Lipinski definition) is 3. The Morgan fingerprint density at radius 3 is 3.00 bits per heavy atom. The van der Waals surface area contributed by atoms with Gasteiger partial charge in [-0.05, 0) is 18.6 Å². The molecular weight excluding hydrogens is 166 g/mol. The lowest BCUT2D eigenvalue weighted by atomic mass is 10.2. The van der Waals surface area contributed by atoms with E-state index >= 15 is 0 Å². The molecule has 0 fully saturated rings. The van der Waals surface area contributed by atoms with Crippen molar-refractivity contribution in [1.82, 2.24) is 4.98 Å². The van der Waals surface area contributed by atoms with Gasteiger partial charge in [-0.3, -0.25) is 0 Å². The van der Waals surface area contributed by atoms with Crippen molar-refractivity contribution in [2.45, 2.75) is 6.92 Å². The maximum atomic E-state index is 5.34. The Kier molecular flexibility index (Phi) is 1.10. The van der Waals surface area contributed by atoms with Gasteiger partial charge in [0.05, 0.1) is 6.26 Å². The first-order valence-electron chi connectivity index (χ1n) is 4.05. The molecule has 0 aliphatic carbocycles. The summed E-state index contributed by atoms with van der Waals surface area (Å²) < 4.78 is 10.5. The van der Waals surface area contributed by atoms with Crippen LogP contribution in [0.3, 0.4) is 0 Å². The lowest BCUT2D eigenvalue weighted by Crippen LogP contribution is -1.69. The summed E-state index contributed by atoms with van der Waals surface area (Å²) in [5.41, 5.74) is 3.62. The van der Waals surface area contributed by atoms with Gasteiger partial charge in [0.1, 0.15) is 11.1 Å². The lowest BCUT2D eigenvalue weighted by Gasteiger charge is -1.88. The molecule has 0 radical (unpaired) electrons. The van der Waals surface area contributed by atoms with Gasteiger partial charge in [0, 0.05) is 11.5 Å². The van der Waals surface area contributed by atoms with Crippen molar-refractivity contribution < 1.29 is 8.83 Å². The molecule has 0 amide bonds. The average Bonchev–Trinajstić information content (AvgIpc) is 2.70. The second-order valence-electron chi connectivity index (χ2n) is 3.09. The van der Waals surface area contributed by atoms with Gasteiger partial charge in [0.25, 0.3) is 0 Å². The molecule has 3 heteroatoms. The van der Waals surface area contributed by atoms with Crippen LogP contribution in [0.15, 0.2) is 33.6 Å². The Morgan fingerprint density at radius 1 is 1.15 bits per heavy atom. The molecule has 13 heavy (non-hydrogen) atoms. The molecule has 0 aliphatic heterocycles. The van der Waals surface area contributed by atoms with Crippen LogP contribution in [0.4, 0.5) is 0 Å². The van der Waals surface area contributed by atoms with Crippen LogP contribution in [0.2, 0.25) is 0 Å². The zero-order valence-electron chi connectivity index (χ0n) is 7.07. The number of aryl methyl sites for hydroxylation is 1. The van der Waals surface area contributed by atoms with Gasteiger partial charge in [-0.15, -0.1) is 0 Å². The molecule has 0 saturated carbocycles. The Hall–Kier alpha value is -1.77. The molecule has 3 rings (SSSR count). The molecule has 0 N–H and O–H groups in total. The van der Waals surface area contributed by atoms with Crippen LogP contribution < -0.4 is 0 Å². The van der Waals surface area contributed by atoms with Crippen LogP contribution in [0, 0.1) is 6.92 Å². The number of furan rings is 1. The molecular formula is C10H7NO2. The molecule has 64 valence electrons. The zero-order chi connectivity index (χ0) is 8.84. The van der Waals surface area contributed by atoms with E-state index in [-0.39, 0.29) is 0 Å². The van der Waals surface area contributed by atoms with Crippen molar-refractivity contribution >= 4 is 22.1 Å². The molecule has 2 heterocycles. The van der Waals surface area contributed by atoms with Gasteiger partial charge in [0.15, 0.2) is 12.0 Å². The summed E-state index contributed by atoms with van der Waals surface area (Å²) in [4.78, 5) is 4.05. The van der Waals surface area contributed by atoms with E-state index in [1.807, 2.05) is 19.1 Å². The van der Waals surface area contributed by atoms with Crippen LogP contribution >= 0.6 is 0 Å². The van der Waals surface area contributed by atoms with Gasteiger partial charge < -0.3 is 8.83 Å². The van der Waals surface area contributed by atoms with E-state index in [0.717, 1.165) is 27.6 Å². The Morgan fingerprint density at radius 2 is 2.08 bits per heavy atom. The second kappa shape index (κ2) is 2.13. The predicted octanol–water partition coefficient (Wildman–Crippen LogP) is 2.88. The zero-order valence-corrected chi connectivity index (χ0v) is 7.07. The summed E-state index contributed by atoms with van der Waals surface area (Å²) in [7, 11) is 0. The maximum Gasteiger partial charge on any atom is 0.181 e. The van der Waals surface area contributed by atoms with E-state index in [1.165, 1.54) is 6.39 Å². The standard InChI is InChI=1S/C10H7NO2/c1-6-4-12-9-3-8-10(2-7(6)9)13-5-11-8/h2-5H,1H3. The van der Waals surface area contributed by atoms with E-state index in [0.29, 0.717) is 0 Å². The molecule has 3 nitrogen and oxygen atoms in total. The molecule has 0 spiro atoms. The van der Waals surface area contributed by atoms with E-state index in [4.69, 9.17) is 8.83 Å². The van der Waals surface area contributed by atoms with Crippen molar-refractivity contribution in [3.05, 3.63) is 30.4 Å². The fourth-order valence-corrected chi connectivity index (χ4v) is 1.51. The highest BCUT2D eigenvalue weighted by Crippen LogP contribution is 2.25. The number of nitrogens with zero attached hydrogens (tertiary/aromatic N) is 1. The minimum absolute atomic E-state index is 0.803.